The van der Waals surface area contributed by atoms with E-state index in [9.17, 15) is 0 Å². The summed E-state index contributed by atoms with van der Waals surface area (Å²) in [6.07, 6.45) is 8.56. The van der Waals surface area contributed by atoms with Crippen LogP contribution >= 0.6 is 0 Å². The van der Waals surface area contributed by atoms with E-state index in [0.717, 1.165) is 54.2 Å². The zero-order chi connectivity index (χ0) is 20.5. The van der Waals surface area contributed by atoms with Crippen molar-refractivity contribution in [2.45, 2.75) is 51.2 Å². The Labute approximate surface area is 179 Å². The van der Waals surface area contributed by atoms with Gasteiger partial charge in [0, 0.05) is 25.3 Å². The molecule has 162 valence electrons. The number of hydrogen-bond acceptors (Lipinski definition) is 5. The highest BCUT2D eigenvalue weighted by atomic mass is 16.5. The van der Waals surface area contributed by atoms with Gasteiger partial charge in [0.25, 0.3) is 0 Å². The Hall–Kier alpha value is -1.92. The summed E-state index contributed by atoms with van der Waals surface area (Å²) < 4.78 is 13.9. The molecule has 2 aliphatic carbocycles. The Balaban J connectivity index is 1.34. The highest BCUT2D eigenvalue weighted by Crippen LogP contribution is 2.43. The summed E-state index contributed by atoms with van der Waals surface area (Å²) in [7, 11) is 1.69. The van der Waals surface area contributed by atoms with Gasteiger partial charge in [0.2, 0.25) is 0 Å². The topological polar surface area (TPSA) is 52.4 Å². The molecule has 1 aromatic heterocycles. The molecule has 0 amide bonds. The van der Waals surface area contributed by atoms with E-state index < -0.39 is 0 Å². The molecule has 1 saturated heterocycles. The third kappa shape index (κ3) is 4.26. The van der Waals surface area contributed by atoms with Crippen LogP contribution < -0.4 is 4.74 Å². The van der Waals surface area contributed by atoms with Gasteiger partial charge in [-0.15, -0.1) is 5.10 Å². The maximum Gasteiger partial charge on any atom is 0.118 e. The van der Waals surface area contributed by atoms with Crippen LogP contribution in [-0.4, -0.2) is 59.3 Å². The molecule has 6 heteroatoms. The van der Waals surface area contributed by atoms with Crippen molar-refractivity contribution in [3.05, 3.63) is 30.5 Å². The van der Waals surface area contributed by atoms with Crippen molar-refractivity contribution in [2.75, 3.05) is 33.4 Å². The van der Waals surface area contributed by atoms with Crippen molar-refractivity contribution < 1.29 is 9.47 Å². The maximum atomic E-state index is 6.50. The summed E-state index contributed by atoms with van der Waals surface area (Å²) in [6.45, 7) is 6.88. The van der Waals surface area contributed by atoms with E-state index in [4.69, 9.17) is 9.47 Å². The molecule has 2 saturated carbocycles. The standard InChI is InChI=1S/C24H34N4O2/c1-3-10-27-13-19-11-23(24(12-20(19)14-27)30-16-17-4-5-17)28-15-22(25-26-28)18-6-8-21(29-2)9-7-18/h6-9,15,17,19-20,23-24H,3-5,10-14,16H2,1-2H3/t19-,20+,23-,24-/m1/s1. The largest absolute Gasteiger partial charge is 0.497 e. The lowest BCUT2D eigenvalue weighted by Gasteiger charge is -2.37. The first-order valence-corrected chi connectivity index (χ1v) is 11.6. The SMILES string of the molecule is CCCN1C[C@H]2C[C@@H](n3cc(-c4ccc(OC)cc4)nn3)[C@H](OCC3CC3)C[C@H]2C1. The molecule has 0 spiro atoms. The summed E-state index contributed by atoms with van der Waals surface area (Å²) in [5.41, 5.74) is 1.99. The summed E-state index contributed by atoms with van der Waals surface area (Å²) in [5.74, 6) is 3.16. The minimum atomic E-state index is 0.249. The van der Waals surface area contributed by atoms with Crippen molar-refractivity contribution in [3.8, 4) is 17.0 Å². The van der Waals surface area contributed by atoms with Gasteiger partial charge in [-0.05, 0) is 80.7 Å². The average molecular weight is 411 g/mol. The molecule has 0 N–H and O–H groups in total. The van der Waals surface area contributed by atoms with E-state index in [2.05, 4.69) is 33.0 Å². The number of aromatic nitrogens is 3. The molecule has 3 aliphatic rings. The van der Waals surface area contributed by atoms with Crippen molar-refractivity contribution in [2.24, 2.45) is 17.8 Å². The number of benzene rings is 1. The fraction of sp³-hybridized carbons (Fsp3) is 0.667. The van der Waals surface area contributed by atoms with Crippen LogP contribution in [0.25, 0.3) is 11.3 Å². The van der Waals surface area contributed by atoms with Gasteiger partial charge in [-0.3, -0.25) is 0 Å². The van der Waals surface area contributed by atoms with Crippen molar-refractivity contribution in [3.63, 3.8) is 0 Å². The second kappa shape index (κ2) is 8.67. The smallest absolute Gasteiger partial charge is 0.118 e. The number of methoxy groups -OCH3 is 1. The molecule has 4 atom stereocenters. The lowest BCUT2D eigenvalue weighted by molar-refractivity contribution is -0.0375. The summed E-state index contributed by atoms with van der Waals surface area (Å²) in [4.78, 5) is 2.65. The van der Waals surface area contributed by atoms with Crippen LogP contribution in [0.3, 0.4) is 0 Å². The minimum absolute atomic E-state index is 0.249. The number of rotatable bonds is 8. The van der Waals surface area contributed by atoms with E-state index in [-0.39, 0.29) is 12.1 Å². The predicted molar refractivity (Wildman–Crippen MR) is 116 cm³/mol. The molecule has 3 fully saturated rings. The monoisotopic (exact) mass is 410 g/mol. The Morgan fingerprint density at radius 3 is 2.53 bits per heavy atom. The number of fused-ring (bicyclic) bond motifs is 1. The third-order valence-electron chi connectivity index (χ3n) is 7.18. The molecule has 30 heavy (non-hydrogen) atoms. The Bertz CT molecular complexity index is 832. The van der Waals surface area contributed by atoms with Gasteiger partial charge in [0.15, 0.2) is 0 Å². The van der Waals surface area contributed by atoms with Crippen LogP contribution in [0.2, 0.25) is 0 Å². The van der Waals surface area contributed by atoms with E-state index in [1.165, 1.54) is 38.9 Å². The number of hydrogen-bond donors (Lipinski definition) is 0. The number of ether oxygens (including phenoxy) is 2. The zero-order valence-electron chi connectivity index (χ0n) is 18.2. The first-order valence-electron chi connectivity index (χ1n) is 11.6. The lowest BCUT2D eigenvalue weighted by atomic mass is 9.77. The Kier molecular flexibility index (Phi) is 5.79. The molecule has 2 heterocycles. The molecule has 1 aromatic carbocycles. The van der Waals surface area contributed by atoms with Crippen molar-refractivity contribution in [1.29, 1.82) is 0 Å². The van der Waals surface area contributed by atoms with Gasteiger partial charge >= 0.3 is 0 Å². The second-order valence-electron chi connectivity index (χ2n) is 9.45. The zero-order valence-corrected chi connectivity index (χ0v) is 18.2. The van der Waals surface area contributed by atoms with Crippen molar-refractivity contribution in [1.82, 2.24) is 19.9 Å². The molecule has 0 unspecified atom stereocenters. The molecule has 2 aromatic rings. The summed E-state index contributed by atoms with van der Waals surface area (Å²) >= 11 is 0. The van der Waals surface area contributed by atoms with E-state index >= 15 is 0 Å². The maximum absolute atomic E-state index is 6.50. The van der Waals surface area contributed by atoms with E-state index in [1.807, 2.05) is 24.3 Å². The second-order valence-corrected chi connectivity index (χ2v) is 9.45. The van der Waals surface area contributed by atoms with Crippen LogP contribution in [0.1, 0.15) is 45.1 Å². The molecule has 0 radical (unpaired) electrons. The fourth-order valence-electron chi connectivity index (χ4n) is 5.32. The van der Waals surface area contributed by atoms with Crippen LogP contribution in [0.5, 0.6) is 5.75 Å². The molecule has 0 bridgehead atoms. The molecular weight excluding hydrogens is 376 g/mol. The first-order chi connectivity index (χ1) is 14.7. The van der Waals surface area contributed by atoms with Gasteiger partial charge in [-0.25, -0.2) is 4.68 Å². The van der Waals surface area contributed by atoms with Gasteiger partial charge in [-0.1, -0.05) is 12.1 Å². The normalized spacial score (nSPS) is 29.1. The Morgan fingerprint density at radius 1 is 1.07 bits per heavy atom. The van der Waals surface area contributed by atoms with Gasteiger partial charge in [0.05, 0.1) is 25.5 Å². The van der Waals surface area contributed by atoms with E-state index in [1.54, 1.807) is 7.11 Å². The summed E-state index contributed by atoms with van der Waals surface area (Å²) in [6, 6.07) is 8.32. The van der Waals surface area contributed by atoms with Crippen molar-refractivity contribution >= 4 is 0 Å². The average Bonchev–Trinajstić information content (AvgIpc) is 3.32. The van der Waals surface area contributed by atoms with Gasteiger partial charge < -0.3 is 14.4 Å². The predicted octanol–water partition coefficient (Wildman–Crippen LogP) is 4.04. The molecule has 6 nitrogen and oxygen atoms in total. The van der Waals surface area contributed by atoms with Crippen LogP contribution in [0.4, 0.5) is 0 Å². The first kappa shape index (κ1) is 20.0. The minimum Gasteiger partial charge on any atom is -0.497 e. The molecule has 1 aliphatic heterocycles. The highest BCUT2D eigenvalue weighted by molar-refractivity contribution is 5.58. The van der Waals surface area contributed by atoms with E-state index in [0.29, 0.717) is 0 Å². The molecular formula is C24H34N4O2. The quantitative estimate of drug-likeness (QED) is 0.657. The highest BCUT2D eigenvalue weighted by Gasteiger charge is 2.44. The van der Waals surface area contributed by atoms with Gasteiger partial charge in [-0.2, -0.15) is 0 Å². The van der Waals surface area contributed by atoms with Crippen LogP contribution in [0.15, 0.2) is 30.5 Å². The number of nitrogens with zero attached hydrogens (tertiary/aromatic N) is 4. The molecule has 5 rings (SSSR count). The Morgan fingerprint density at radius 2 is 1.83 bits per heavy atom. The van der Waals surface area contributed by atoms with Crippen LogP contribution in [-0.2, 0) is 4.74 Å². The summed E-state index contributed by atoms with van der Waals surface area (Å²) in [5, 5.41) is 9.06. The third-order valence-corrected chi connectivity index (χ3v) is 7.18. The number of likely N-dealkylation sites (tertiary alicyclic amines) is 1. The fourth-order valence-corrected chi connectivity index (χ4v) is 5.32. The van der Waals surface area contributed by atoms with Crippen LogP contribution in [0, 0.1) is 17.8 Å². The lowest BCUT2D eigenvalue weighted by Crippen LogP contribution is -2.38. The van der Waals surface area contributed by atoms with Gasteiger partial charge in [0.1, 0.15) is 11.4 Å².